The Kier molecular flexibility index (Phi) is 15.8. The van der Waals surface area contributed by atoms with E-state index in [0.29, 0.717) is 0 Å². The molecule has 106 valence electrons. The second-order valence-corrected chi connectivity index (χ2v) is 4.58. The Labute approximate surface area is 110 Å². The van der Waals surface area contributed by atoms with Crippen molar-refractivity contribution in [1.82, 2.24) is 4.90 Å². The van der Waals surface area contributed by atoms with Gasteiger partial charge >= 0.3 is 0 Å². The maximum absolute atomic E-state index is 5.33. The summed E-state index contributed by atoms with van der Waals surface area (Å²) >= 11 is 0. The molecular formula is C15H35NO. The molecule has 1 fully saturated rings. The quantitative estimate of drug-likeness (QED) is 0.739. The van der Waals surface area contributed by atoms with Crippen molar-refractivity contribution in [3.8, 4) is 0 Å². The van der Waals surface area contributed by atoms with Crippen LogP contribution in [0.5, 0.6) is 0 Å². The topological polar surface area (TPSA) is 12.5 Å². The van der Waals surface area contributed by atoms with Crippen molar-refractivity contribution in [3.63, 3.8) is 0 Å². The lowest BCUT2D eigenvalue weighted by Gasteiger charge is -2.36. The van der Waals surface area contributed by atoms with Gasteiger partial charge in [0.05, 0.1) is 13.2 Å². The van der Waals surface area contributed by atoms with E-state index in [1.54, 1.807) is 0 Å². The van der Waals surface area contributed by atoms with Crippen molar-refractivity contribution in [2.24, 2.45) is 5.92 Å². The van der Waals surface area contributed by atoms with Crippen LogP contribution in [-0.4, -0.2) is 37.2 Å². The van der Waals surface area contributed by atoms with Gasteiger partial charge in [-0.05, 0) is 12.3 Å². The maximum Gasteiger partial charge on any atom is 0.0594 e. The number of hydrogen-bond acceptors (Lipinski definition) is 2. The molecular weight excluding hydrogens is 210 g/mol. The molecule has 0 aromatic carbocycles. The van der Waals surface area contributed by atoms with Crippen LogP contribution in [0.1, 0.15) is 61.3 Å². The molecule has 0 aromatic rings. The van der Waals surface area contributed by atoms with Crippen LogP contribution < -0.4 is 0 Å². The van der Waals surface area contributed by atoms with Crippen LogP contribution in [0.4, 0.5) is 0 Å². The summed E-state index contributed by atoms with van der Waals surface area (Å²) in [5.74, 6) is 0.771. The summed E-state index contributed by atoms with van der Waals surface area (Å²) in [5, 5.41) is 0. The van der Waals surface area contributed by atoms with Crippen LogP contribution in [0.2, 0.25) is 0 Å². The van der Waals surface area contributed by atoms with Gasteiger partial charge in [-0.15, -0.1) is 0 Å². The van der Waals surface area contributed by atoms with E-state index in [-0.39, 0.29) is 0 Å². The number of morpholine rings is 1. The predicted octanol–water partition coefficient (Wildman–Crippen LogP) is 4.20. The van der Waals surface area contributed by atoms with Crippen molar-refractivity contribution < 1.29 is 4.74 Å². The fourth-order valence-corrected chi connectivity index (χ4v) is 2.06. The second-order valence-electron chi connectivity index (χ2n) is 4.58. The lowest BCUT2D eigenvalue weighted by Crippen LogP contribution is -2.45. The second kappa shape index (κ2) is 14.0. The molecule has 1 atom stereocenters. The highest BCUT2D eigenvalue weighted by atomic mass is 16.5. The highest BCUT2D eigenvalue weighted by molar-refractivity contribution is 4.75. The third-order valence-electron chi connectivity index (χ3n) is 2.70. The minimum absolute atomic E-state index is 0.758. The number of rotatable bonds is 3. The van der Waals surface area contributed by atoms with E-state index in [1.165, 1.54) is 12.8 Å². The summed E-state index contributed by atoms with van der Waals surface area (Å²) in [6, 6.07) is 0.758. The monoisotopic (exact) mass is 245 g/mol. The van der Waals surface area contributed by atoms with Gasteiger partial charge in [0.2, 0.25) is 0 Å². The van der Waals surface area contributed by atoms with Gasteiger partial charge < -0.3 is 4.74 Å². The molecule has 1 aliphatic rings. The Morgan fingerprint density at radius 1 is 1.00 bits per heavy atom. The predicted molar refractivity (Wildman–Crippen MR) is 78.6 cm³/mol. The Morgan fingerprint density at radius 3 is 1.71 bits per heavy atom. The van der Waals surface area contributed by atoms with Gasteiger partial charge in [-0.3, -0.25) is 4.90 Å². The summed E-state index contributed by atoms with van der Waals surface area (Å²) in [6.07, 6.45) is 2.51. The van der Waals surface area contributed by atoms with E-state index in [0.717, 1.165) is 38.3 Å². The van der Waals surface area contributed by atoms with E-state index in [2.05, 4.69) is 39.5 Å². The fourth-order valence-electron chi connectivity index (χ4n) is 2.06. The van der Waals surface area contributed by atoms with E-state index in [9.17, 15) is 0 Å². The summed E-state index contributed by atoms with van der Waals surface area (Å²) in [4.78, 5) is 2.56. The van der Waals surface area contributed by atoms with Crippen LogP contribution in [0.25, 0.3) is 0 Å². The van der Waals surface area contributed by atoms with Crippen LogP contribution >= 0.6 is 0 Å². The average Bonchev–Trinajstić information content (AvgIpc) is 2.34. The average molecular weight is 245 g/mol. The first-order valence-electron chi connectivity index (χ1n) is 7.49. The number of nitrogens with zero attached hydrogens (tertiary/aromatic N) is 1. The zero-order valence-corrected chi connectivity index (χ0v) is 13.3. The first-order chi connectivity index (χ1) is 8.17. The number of hydrogen-bond donors (Lipinski definition) is 0. The van der Waals surface area contributed by atoms with Crippen molar-refractivity contribution in [3.05, 3.63) is 0 Å². The summed E-state index contributed by atoms with van der Waals surface area (Å²) in [7, 11) is 0. The molecule has 1 rings (SSSR count). The van der Waals surface area contributed by atoms with E-state index < -0.39 is 0 Å². The Balaban J connectivity index is 0. The Morgan fingerprint density at radius 2 is 1.41 bits per heavy atom. The van der Waals surface area contributed by atoms with Crippen molar-refractivity contribution in [2.75, 3.05) is 26.3 Å². The SMILES string of the molecule is CC.CCC.CCC(C(C)C)N1CCOCC1. The van der Waals surface area contributed by atoms with E-state index >= 15 is 0 Å². The highest BCUT2D eigenvalue weighted by Gasteiger charge is 2.21. The number of ether oxygens (including phenoxy) is 1. The third kappa shape index (κ3) is 9.61. The van der Waals surface area contributed by atoms with Crippen LogP contribution in [0.15, 0.2) is 0 Å². The minimum Gasteiger partial charge on any atom is -0.379 e. The van der Waals surface area contributed by atoms with Gasteiger partial charge in [0.25, 0.3) is 0 Å². The van der Waals surface area contributed by atoms with Gasteiger partial charge in [0.1, 0.15) is 0 Å². The van der Waals surface area contributed by atoms with Crippen LogP contribution in [-0.2, 0) is 4.74 Å². The Bertz CT molecular complexity index is 131. The summed E-state index contributed by atoms with van der Waals surface area (Å²) < 4.78 is 5.33. The van der Waals surface area contributed by atoms with Gasteiger partial charge in [-0.25, -0.2) is 0 Å². The first kappa shape index (κ1) is 19.3. The minimum atomic E-state index is 0.758. The van der Waals surface area contributed by atoms with Crippen molar-refractivity contribution in [2.45, 2.75) is 67.3 Å². The normalized spacial score (nSPS) is 17.6. The van der Waals surface area contributed by atoms with Crippen molar-refractivity contribution in [1.29, 1.82) is 0 Å². The maximum atomic E-state index is 5.33. The molecule has 1 saturated heterocycles. The van der Waals surface area contributed by atoms with Gasteiger partial charge in [-0.2, -0.15) is 0 Å². The lowest BCUT2D eigenvalue weighted by atomic mass is 10.00. The first-order valence-corrected chi connectivity index (χ1v) is 7.49. The molecule has 1 unspecified atom stereocenters. The van der Waals surface area contributed by atoms with Crippen molar-refractivity contribution >= 4 is 0 Å². The van der Waals surface area contributed by atoms with Gasteiger partial charge in [0.15, 0.2) is 0 Å². The zero-order valence-electron chi connectivity index (χ0n) is 13.3. The molecule has 2 nitrogen and oxygen atoms in total. The van der Waals surface area contributed by atoms with Gasteiger partial charge in [-0.1, -0.05) is 54.9 Å². The fraction of sp³-hybridized carbons (Fsp3) is 1.00. The molecule has 0 saturated carbocycles. The zero-order chi connectivity index (χ0) is 13.7. The molecule has 1 aliphatic heterocycles. The molecule has 0 N–H and O–H groups in total. The molecule has 1 heterocycles. The third-order valence-corrected chi connectivity index (χ3v) is 2.70. The molecule has 17 heavy (non-hydrogen) atoms. The summed E-state index contributed by atoms with van der Waals surface area (Å²) in [6.45, 7) is 19.2. The molecule has 0 aromatic heterocycles. The van der Waals surface area contributed by atoms with E-state index in [1.807, 2.05) is 13.8 Å². The molecule has 0 aliphatic carbocycles. The van der Waals surface area contributed by atoms with Crippen LogP contribution in [0.3, 0.4) is 0 Å². The summed E-state index contributed by atoms with van der Waals surface area (Å²) in [5.41, 5.74) is 0. The highest BCUT2D eigenvalue weighted by Crippen LogP contribution is 2.15. The van der Waals surface area contributed by atoms with Gasteiger partial charge in [0, 0.05) is 19.1 Å². The molecule has 2 heteroatoms. The molecule has 0 amide bonds. The van der Waals surface area contributed by atoms with Crippen LogP contribution in [0, 0.1) is 5.92 Å². The molecule has 0 bridgehead atoms. The standard InChI is InChI=1S/C10H21NO.C3H8.C2H6/c1-4-10(9(2)3)11-5-7-12-8-6-11;1-3-2;1-2/h9-10H,4-8H2,1-3H3;3H2,1-2H3;1-2H3. The smallest absolute Gasteiger partial charge is 0.0594 e. The van der Waals surface area contributed by atoms with E-state index in [4.69, 9.17) is 4.74 Å². The largest absolute Gasteiger partial charge is 0.379 e. The molecule has 0 radical (unpaired) electrons. The Hall–Kier alpha value is -0.0800. The molecule has 0 spiro atoms. The lowest BCUT2D eigenvalue weighted by molar-refractivity contribution is 0.00542.